The van der Waals surface area contributed by atoms with E-state index in [1.807, 2.05) is 12.1 Å². The molecule has 0 bridgehead atoms. The van der Waals surface area contributed by atoms with E-state index in [0.29, 0.717) is 5.02 Å². The molecular weight excluding hydrogens is 208 g/mol. The number of rotatable bonds is 2. The lowest BCUT2D eigenvalue weighted by molar-refractivity contribution is 0.118. The Morgan fingerprint density at radius 3 is 2.87 bits per heavy atom. The van der Waals surface area contributed by atoms with Crippen molar-refractivity contribution >= 4 is 18.3 Å². The number of hydrogen-bond acceptors (Lipinski definition) is 2. The Bertz CT molecular complexity index is 398. The zero-order valence-electron chi connectivity index (χ0n) is 8.23. The van der Waals surface area contributed by atoms with Crippen molar-refractivity contribution in [3.8, 4) is 5.97 Å². The molecule has 1 unspecified atom stereocenters. The third-order valence-corrected chi connectivity index (χ3v) is 3.23. The molecule has 1 atom stereocenters. The molecule has 0 radical (unpaired) electrons. The first-order valence-corrected chi connectivity index (χ1v) is 5.41. The van der Waals surface area contributed by atoms with Crippen LogP contribution in [0, 0.1) is 17.1 Å². The topological polar surface area (TPSA) is 44.0 Å². The quantitative estimate of drug-likeness (QED) is 0.777. The maximum Gasteiger partial charge on any atom is 0.268 e. The molecule has 1 aliphatic rings. The molecule has 76 valence electrons. The fourth-order valence-corrected chi connectivity index (χ4v) is 2.19. The number of nitriles is 1. The van der Waals surface area contributed by atoms with Crippen molar-refractivity contribution in [1.29, 1.82) is 5.26 Å². The van der Waals surface area contributed by atoms with Crippen molar-refractivity contribution in [2.75, 3.05) is 0 Å². The van der Waals surface area contributed by atoms with Gasteiger partial charge in [-0.1, -0.05) is 36.4 Å². The monoisotopic (exact) mass is 219 g/mol. The minimum absolute atomic E-state index is 0.129. The molecule has 1 aromatic rings. The molecule has 0 aromatic heterocycles. The van der Waals surface area contributed by atoms with Crippen LogP contribution in [0.15, 0.2) is 24.3 Å². The highest BCUT2D eigenvalue weighted by molar-refractivity contribution is 6.69. The van der Waals surface area contributed by atoms with Gasteiger partial charge in [-0.2, -0.15) is 0 Å². The maximum atomic E-state index is 10.0. The second kappa shape index (κ2) is 4.26. The second-order valence-corrected chi connectivity index (χ2v) is 4.49. The fourth-order valence-electron chi connectivity index (χ4n) is 1.99. The van der Waals surface area contributed by atoms with Crippen LogP contribution >= 0.6 is 11.6 Å². The Hall–Kier alpha value is -0.975. The average molecular weight is 219 g/mol. The molecule has 1 aromatic carbocycles. The van der Waals surface area contributed by atoms with Crippen LogP contribution in [0.3, 0.4) is 0 Å². The Balaban J connectivity index is 2.03. The first-order valence-electron chi connectivity index (χ1n) is 5.04. The average Bonchev–Trinajstić information content (AvgIpc) is 2.16. The van der Waals surface area contributed by atoms with E-state index in [-0.39, 0.29) is 12.6 Å². The summed E-state index contributed by atoms with van der Waals surface area (Å²) in [5.74, 6) is 2.43. The fraction of sp³-hybridized carbons (Fsp3) is 0.364. The van der Waals surface area contributed by atoms with Gasteiger partial charge < -0.3 is 5.11 Å². The smallest absolute Gasteiger partial charge is 0.268 e. The molecule has 1 N–H and O–H groups in total. The van der Waals surface area contributed by atoms with Gasteiger partial charge in [-0.05, 0) is 23.6 Å². The largest absolute Gasteiger partial charge is 0.388 e. The Morgan fingerprint density at radius 1 is 1.53 bits per heavy atom. The van der Waals surface area contributed by atoms with Crippen LogP contribution in [-0.2, 0) is 0 Å². The molecule has 1 aliphatic heterocycles. The van der Waals surface area contributed by atoms with Crippen LogP contribution in [-0.4, -0.2) is 11.8 Å². The van der Waals surface area contributed by atoms with Crippen LogP contribution in [0.25, 0.3) is 0 Å². The number of nitrogens with zero attached hydrogens (tertiary/aromatic N) is 1. The summed E-state index contributed by atoms with van der Waals surface area (Å²) in [4.78, 5) is 0. The molecule has 2 nitrogen and oxygen atoms in total. The van der Waals surface area contributed by atoms with Gasteiger partial charge in [0.15, 0.2) is 0 Å². The van der Waals surface area contributed by atoms with Crippen molar-refractivity contribution in [2.45, 2.75) is 18.7 Å². The summed E-state index contributed by atoms with van der Waals surface area (Å²) in [7, 11) is 0. The van der Waals surface area contributed by atoms with Crippen molar-refractivity contribution in [3.05, 3.63) is 34.9 Å². The van der Waals surface area contributed by atoms with Gasteiger partial charge in [-0.25, -0.2) is 5.26 Å². The van der Waals surface area contributed by atoms with Gasteiger partial charge in [0.05, 0.1) is 6.10 Å². The predicted molar refractivity (Wildman–Crippen MR) is 60.9 cm³/mol. The van der Waals surface area contributed by atoms with Gasteiger partial charge in [-0.3, -0.25) is 0 Å². The Labute approximate surface area is 94.6 Å². The van der Waals surface area contributed by atoms with E-state index in [2.05, 4.69) is 5.97 Å². The van der Waals surface area contributed by atoms with Gasteiger partial charge in [-0.15, -0.1) is 0 Å². The van der Waals surface area contributed by atoms with E-state index in [0.717, 1.165) is 18.2 Å². The standard InChI is InChI=1S/C11H11BClNO/c13-10-3-1-2-8(4-10)11(15)9-5-12(6-9)7-14/h1-4,9,11,15H,5-6H2. The Morgan fingerprint density at radius 2 is 2.27 bits per heavy atom. The number of halogens is 1. The van der Waals surface area contributed by atoms with Gasteiger partial charge >= 0.3 is 0 Å². The highest BCUT2D eigenvalue weighted by Gasteiger charge is 2.37. The van der Waals surface area contributed by atoms with Crippen LogP contribution in [0.1, 0.15) is 11.7 Å². The van der Waals surface area contributed by atoms with Crippen LogP contribution in [0.5, 0.6) is 0 Å². The minimum Gasteiger partial charge on any atom is -0.388 e. The summed E-state index contributed by atoms with van der Waals surface area (Å²) < 4.78 is 0. The second-order valence-electron chi connectivity index (χ2n) is 4.06. The highest BCUT2D eigenvalue weighted by Crippen LogP contribution is 2.39. The van der Waals surface area contributed by atoms with Crippen LogP contribution in [0.2, 0.25) is 17.7 Å². The van der Waals surface area contributed by atoms with E-state index in [4.69, 9.17) is 16.9 Å². The number of aliphatic hydroxyl groups is 1. The zero-order chi connectivity index (χ0) is 10.8. The van der Waals surface area contributed by atoms with Crippen molar-refractivity contribution < 1.29 is 5.11 Å². The molecular formula is C11H11BClNO. The normalized spacial score (nSPS) is 18.1. The van der Waals surface area contributed by atoms with Crippen molar-refractivity contribution in [1.82, 2.24) is 0 Å². The third-order valence-electron chi connectivity index (χ3n) is 2.99. The summed E-state index contributed by atoms with van der Waals surface area (Å²) in [5, 5.41) is 19.3. The summed E-state index contributed by atoms with van der Waals surface area (Å²) in [6.45, 7) is 0.129. The number of hydrogen-bond donors (Lipinski definition) is 1. The maximum absolute atomic E-state index is 10.0. The van der Waals surface area contributed by atoms with Crippen LogP contribution in [0.4, 0.5) is 0 Å². The van der Waals surface area contributed by atoms with Gasteiger partial charge in [0.1, 0.15) is 0 Å². The van der Waals surface area contributed by atoms with E-state index in [9.17, 15) is 5.11 Å². The Kier molecular flexibility index (Phi) is 2.99. The highest BCUT2D eigenvalue weighted by atomic mass is 35.5. The predicted octanol–water partition coefficient (Wildman–Crippen LogP) is 2.56. The SMILES string of the molecule is N#CB1CC(C(O)c2cccc(Cl)c2)C1. The molecule has 1 heterocycles. The van der Waals surface area contributed by atoms with Crippen LogP contribution < -0.4 is 0 Å². The molecule has 1 fully saturated rings. The lowest BCUT2D eigenvalue weighted by Crippen LogP contribution is -2.34. The summed E-state index contributed by atoms with van der Waals surface area (Å²) in [6.07, 6.45) is 1.11. The molecule has 0 saturated carbocycles. The van der Waals surface area contributed by atoms with Crippen molar-refractivity contribution in [2.24, 2.45) is 5.92 Å². The molecule has 0 spiro atoms. The summed E-state index contributed by atoms with van der Waals surface area (Å²) >= 11 is 5.85. The molecule has 15 heavy (non-hydrogen) atoms. The number of aliphatic hydroxyl groups excluding tert-OH is 1. The van der Waals surface area contributed by atoms with Gasteiger partial charge in [0, 0.05) is 11.0 Å². The van der Waals surface area contributed by atoms with Gasteiger partial charge in [0.25, 0.3) is 6.71 Å². The minimum atomic E-state index is -0.478. The molecule has 0 aliphatic carbocycles. The number of benzene rings is 1. The molecule has 2 rings (SSSR count). The first kappa shape index (κ1) is 10.5. The molecule has 0 amide bonds. The summed E-state index contributed by atoms with van der Waals surface area (Å²) in [6, 6.07) is 7.28. The lowest BCUT2D eigenvalue weighted by Gasteiger charge is -2.32. The lowest BCUT2D eigenvalue weighted by atomic mass is 9.32. The summed E-state index contributed by atoms with van der Waals surface area (Å²) in [5.41, 5.74) is 0.851. The van der Waals surface area contributed by atoms with E-state index < -0.39 is 6.10 Å². The zero-order valence-corrected chi connectivity index (χ0v) is 8.98. The third kappa shape index (κ3) is 2.17. The first-order chi connectivity index (χ1) is 7.20. The van der Waals surface area contributed by atoms with E-state index in [1.54, 1.807) is 12.1 Å². The van der Waals surface area contributed by atoms with E-state index >= 15 is 0 Å². The van der Waals surface area contributed by atoms with E-state index in [1.165, 1.54) is 0 Å². The molecule has 1 saturated heterocycles. The molecule has 4 heteroatoms. The van der Waals surface area contributed by atoms with Crippen molar-refractivity contribution in [3.63, 3.8) is 0 Å². The van der Waals surface area contributed by atoms with Gasteiger partial charge in [0.2, 0.25) is 0 Å².